The molecule has 3 rings (SSSR count). The molecule has 23 heavy (non-hydrogen) atoms. The quantitative estimate of drug-likeness (QED) is 0.736. The van der Waals surface area contributed by atoms with Crippen LogP contribution in [-0.2, 0) is 6.42 Å². The van der Waals surface area contributed by atoms with Crippen molar-refractivity contribution in [2.75, 3.05) is 0 Å². The van der Waals surface area contributed by atoms with Gasteiger partial charge in [0.25, 0.3) is 5.56 Å². The first-order valence-electron chi connectivity index (χ1n) is 6.68. The minimum absolute atomic E-state index is 0.00424. The maximum Gasteiger partial charge on any atom is 0.393 e. The molecule has 0 saturated carbocycles. The largest absolute Gasteiger partial charge is 0.393 e. The molecular weight excluding hydrogens is 314 g/mol. The highest BCUT2D eigenvalue weighted by molar-refractivity contribution is 5.77. The lowest BCUT2D eigenvalue weighted by Crippen LogP contribution is -2.26. The van der Waals surface area contributed by atoms with E-state index < -0.39 is 29.5 Å². The van der Waals surface area contributed by atoms with Gasteiger partial charge in [-0.1, -0.05) is 12.1 Å². The number of halogens is 4. The lowest BCUT2D eigenvalue weighted by atomic mass is 10.1. The van der Waals surface area contributed by atoms with Crippen LogP contribution in [0.15, 0.2) is 35.3 Å². The van der Waals surface area contributed by atoms with E-state index in [-0.39, 0.29) is 11.3 Å². The highest BCUT2D eigenvalue weighted by Gasteiger charge is 2.31. The monoisotopic (exact) mass is 325 g/mol. The van der Waals surface area contributed by atoms with Crippen LogP contribution in [0.5, 0.6) is 0 Å². The summed E-state index contributed by atoms with van der Waals surface area (Å²) >= 11 is 0. The minimum Gasteiger partial charge on any atom is -0.296 e. The summed E-state index contributed by atoms with van der Waals surface area (Å²) in [5.41, 5.74) is -0.161. The second-order valence-corrected chi connectivity index (χ2v) is 5.13. The zero-order valence-electron chi connectivity index (χ0n) is 11.9. The molecule has 0 amide bonds. The predicted molar refractivity (Wildman–Crippen MR) is 75.7 cm³/mol. The zero-order valence-corrected chi connectivity index (χ0v) is 11.9. The molecular formula is C15H11F4N3O. The molecule has 4 nitrogen and oxygen atoms in total. The first kappa shape index (κ1) is 15.3. The molecule has 0 saturated heterocycles. The molecule has 8 heteroatoms. The molecule has 0 aliphatic rings. The highest BCUT2D eigenvalue weighted by atomic mass is 19.4. The van der Waals surface area contributed by atoms with Gasteiger partial charge in [-0.15, -0.1) is 0 Å². The van der Waals surface area contributed by atoms with E-state index >= 15 is 0 Å². The number of nitrogens with one attached hydrogen (secondary N) is 1. The third-order valence-electron chi connectivity index (χ3n) is 3.48. The van der Waals surface area contributed by atoms with Crippen LogP contribution in [0.2, 0.25) is 0 Å². The second-order valence-electron chi connectivity index (χ2n) is 5.13. The van der Waals surface area contributed by atoms with Crippen LogP contribution in [0.1, 0.15) is 11.3 Å². The SMILES string of the molecule is Cc1nc2c(-c3cccc(F)c3)c[nH]n2c(=O)c1CC(F)(F)F. The molecule has 0 aliphatic carbocycles. The number of nitrogens with zero attached hydrogens (tertiary/aromatic N) is 2. The summed E-state index contributed by atoms with van der Waals surface area (Å²) in [6, 6.07) is 5.65. The Labute approximate surface area is 127 Å². The summed E-state index contributed by atoms with van der Waals surface area (Å²) in [5.74, 6) is -0.463. The van der Waals surface area contributed by atoms with Gasteiger partial charge in [0.1, 0.15) is 5.82 Å². The number of aromatic nitrogens is 3. The first-order chi connectivity index (χ1) is 10.8. The molecule has 2 heterocycles. The van der Waals surface area contributed by atoms with Gasteiger partial charge in [0.2, 0.25) is 0 Å². The summed E-state index contributed by atoms with van der Waals surface area (Å²) in [4.78, 5) is 16.4. The Bertz CT molecular complexity index is 940. The molecule has 120 valence electrons. The summed E-state index contributed by atoms with van der Waals surface area (Å²) in [6.07, 6.45) is -4.44. The average Bonchev–Trinajstić information content (AvgIpc) is 2.86. The summed E-state index contributed by atoms with van der Waals surface area (Å²) in [6.45, 7) is 1.35. The van der Waals surface area contributed by atoms with Crippen molar-refractivity contribution < 1.29 is 17.6 Å². The molecule has 0 aliphatic heterocycles. The van der Waals surface area contributed by atoms with Gasteiger partial charge in [0, 0.05) is 23.0 Å². The average molecular weight is 325 g/mol. The van der Waals surface area contributed by atoms with Crippen LogP contribution >= 0.6 is 0 Å². The van der Waals surface area contributed by atoms with Crippen LogP contribution in [0.4, 0.5) is 17.6 Å². The van der Waals surface area contributed by atoms with Crippen LogP contribution in [0.3, 0.4) is 0 Å². The van der Waals surface area contributed by atoms with Gasteiger partial charge in [-0.3, -0.25) is 9.89 Å². The molecule has 0 fully saturated rings. The van der Waals surface area contributed by atoms with E-state index in [4.69, 9.17) is 0 Å². The van der Waals surface area contributed by atoms with Gasteiger partial charge >= 0.3 is 6.18 Å². The second kappa shape index (κ2) is 5.22. The van der Waals surface area contributed by atoms with Gasteiger partial charge in [0.15, 0.2) is 5.65 Å². The Morgan fingerprint density at radius 2 is 2.04 bits per heavy atom. The smallest absolute Gasteiger partial charge is 0.296 e. The molecule has 0 unspecified atom stereocenters. The number of alkyl halides is 3. The fourth-order valence-electron chi connectivity index (χ4n) is 2.43. The van der Waals surface area contributed by atoms with Gasteiger partial charge < -0.3 is 0 Å². The summed E-state index contributed by atoms with van der Waals surface area (Å²) in [5, 5.41) is 2.58. The standard InChI is InChI=1S/C15H11F4N3O/c1-8-11(6-15(17,18)19)14(23)22-13(21-8)12(7-20-22)9-3-2-4-10(16)5-9/h2-5,7,20H,6H2,1H3. The molecule has 3 aromatic rings. The van der Waals surface area contributed by atoms with E-state index in [9.17, 15) is 22.4 Å². The zero-order chi connectivity index (χ0) is 16.8. The number of hydrogen-bond acceptors (Lipinski definition) is 2. The lowest BCUT2D eigenvalue weighted by Gasteiger charge is -2.09. The maximum absolute atomic E-state index is 13.3. The molecule has 0 atom stereocenters. The number of hydrogen-bond donors (Lipinski definition) is 1. The molecule has 2 aromatic heterocycles. The Balaban J connectivity index is 2.21. The third-order valence-corrected chi connectivity index (χ3v) is 3.48. The molecule has 0 spiro atoms. The fourth-order valence-corrected chi connectivity index (χ4v) is 2.43. The van der Waals surface area contributed by atoms with E-state index in [0.29, 0.717) is 11.1 Å². The number of aryl methyl sites for hydroxylation is 1. The Morgan fingerprint density at radius 1 is 1.30 bits per heavy atom. The Kier molecular flexibility index (Phi) is 3.46. The van der Waals surface area contributed by atoms with Crippen molar-refractivity contribution in [1.82, 2.24) is 14.6 Å². The van der Waals surface area contributed by atoms with Crippen LogP contribution in [0.25, 0.3) is 16.8 Å². The van der Waals surface area contributed by atoms with E-state index in [1.165, 1.54) is 31.3 Å². The maximum atomic E-state index is 13.3. The van der Waals surface area contributed by atoms with Crippen molar-refractivity contribution in [3.63, 3.8) is 0 Å². The summed E-state index contributed by atoms with van der Waals surface area (Å²) in [7, 11) is 0. The first-order valence-corrected chi connectivity index (χ1v) is 6.68. The van der Waals surface area contributed by atoms with Crippen molar-refractivity contribution in [2.45, 2.75) is 19.5 Å². The minimum atomic E-state index is -4.50. The van der Waals surface area contributed by atoms with Crippen molar-refractivity contribution in [2.24, 2.45) is 0 Å². The number of fused-ring (bicyclic) bond motifs is 1. The lowest BCUT2D eigenvalue weighted by molar-refractivity contribution is -0.127. The highest BCUT2D eigenvalue weighted by Crippen LogP contribution is 2.25. The van der Waals surface area contributed by atoms with E-state index in [2.05, 4.69) is 10.1 Å². The topological polar surface area (TPSA) is 50.2 Å². The van der Waals surface area contributed by atoms with E-state index in [1.807, 2.05) is 0 Å². The van der Waals surface area contributed by atoms with Crippen molar-refractivity contribution in [3.8, 4) is 11.1 Å². The number of rotatable bonds is 2. The van der Waals surface area contributed by atoms with Crippen LogP contribution < -0.4 is 5.56 Å². The molecule has 0 radical (unpaired) electrons. The van der Waals surface area contributed by atoms with Crippen LogP contribution in [-0.4, -0.2) is 20.8 Å². The Morgan fingerprint density at radius 3 is 2.70 bits per heavy atom. The number of benzene rings is 1. The fraction of sp³-hybridized carbons (Fsp3) is 0.200. The van der Waals surface area contributed by atoms with Crippen molar-refractivity contribution in [1.29, 1.82) is 0 Å². The molecule has 0 bridgehead atoms. The van der Waals surface area contributed by atoms with Gasteiger partial charge in [-0.25, -0.2) is 13.9 Å². The van der Waals surface area contributed by atoms with Gasteiger partial charge in [-0.05, 0) is 24.6 Å². The molecule has 1 N–H and O–H groups in total. The van der Waals surface area contributed by atoms with Crippen LogP contribution in [0, 0.1) is 12.7 Å². The van der Waals surface area contributed by atoms with Gasteiger partial charge in [-0.2, -0.15) is 13.2 Å². The van der Waals surface area contributed by atoms with E-state index in [1.54, 1.807) is 6.07 Å². The van der Waals surface area contributed by atoms with Gasteiger partial charge in [0.05, 0.1) is 6.42 Å². The number of aromatic amines is 1. The van der Waals surface area contributed by atoms with Crippen molar-refractivity contribution in [3.05, 3.63) is 57.9 Å². The van der Waals surface area contributed by atoms with E-state index in [0.717, 1.165) is 4.52 Å². The predicted octanol–water partition coefficient (Wildman–Crippen LogP) is 3.24. The number of H-pyrrole nitrogens is 1. The molecule has 1 aromatic carbocycles. The normalized spacial score (nSPS) is 12.0. The summed E-state index contributed by atoms with van der Waals surface area (Å²) < 4.78 is 52.0. The third kappa shape index (κ3) is 2.84. The Hall–Kier alpha value is -2.64. The van der Waals surface area contributed by atoms with Crippen molar-refractivity contribution >= 4 is 5.65 Å².